The highest BCUT2D eigenvalue weighted by Gasteiger charge is 2.48. The van der Waals surface area contributed by atoms with Gasteiger partial charge in [0.15, 0.2) is 0 Å². The number of carbonyl (C=O) groups excluding carboxylic acids is 1. The largest absolute Gasteiger partial charge is 0.346 e. The maximum absolute atomic E-state index is 12.9. The SMILES string of the molecule is Cc1c(Cl)ccc2cc(C(=O)N[C@H]3C4CCN(CC4)C3(C)C)sc12. The molecule has 3 saturated heterocycles. The van der Waals surface area contributed by atoms with Crippen LogP contribution in [0.15, 0.2) is 18.2 Å². The number of nitrogens with zero attached hydrogens (tertiary/aromatic N) is 1. The Labute approximate surface area is 152 Å². The van der Waals surface area contributed by atoms with Crippen LogP contribution in [-0.4, -0.2) is 35.5 Å². The number of rotatable bonds is 2. The van der Waals surface area contributed by atoms with E-state index < -0.39 is 0 Å². The average molecular weight is 363 g/mol. The van der Waals surface area contributed by atoms with Gasteiger partial charge in [0.2, 0.25) is 0 Å². The lowest BCUT2D eigenvalue weighted by Crippen LogP contribution is -2.69. The number of nitrogens with one attached hydrogen (secondary N) is 1. The Morgan fingerprint density at radius 2 is 2.04 bits per heavy atom. The Kier molecular flexibility index (Phi) is 3.90. The molecule has 5 rings (SSSR count). The molecule has 1 aromatic heterocycles. The van der Waals surface area contributed by atoms with Crippen LogP contribution in [-0.2, 0) is 0 Å². The Morgan fingerprint density at radius 3 is 2.71 bits per heavy atom. The standard InChI is InChI=1S/C19H23ClN2OS/c1-11-14(20)5-4-13-10-15(24-16(11)13)18(23)21-17-12-6-8-22(9-7-12)19(17,2)3/h4-5,10,12,17H,6-9H2,1-3H3,(H,21,23)/t17-/m0/s1. The Balaban J connectivity index is 1.61. The summed E-state index contributed by atoms with van der Waals surface area (Å²) in [5.74, 6) is 0.651. The Morgan fingerprint density at radius 1 is 1.33 bits per heavy atom. The predicted molar refractivity (Wildman–Crippen MR) is 101 cm³/mol. The minimum absolute atomic E-state index is 0.0345. The lowest BCUT2D eigenvalue weighted by molar-refractivity contribution is -0.0377. The number of piperidine rings is 3. The molecule has 1 atom stereocenters. The quantitative estimate of drug-likeness (QED) is 0.855. The van der Waals surface area contributed by atoms with Crippen molar-refractivity contribution in [2.24, 2.45) is 5.92 Å². The molecule has 3 aliphatic heterocycles. The smallest absolute Gasteiger partial charge is 0.261 e. The van der Waals surface area contributed by atoms with Gasteiger partial charge in [0.05, 0.1) is 4.88 Å². The Bertz CT molecular complexity index is 805. The summed E-state index contributed by atoms with van der Waals surface area (Å²) in [6, 6.07) is 6.12. The second-order valence-electron chi connectivity index (χ2n) is 7.63. The van der Waals surface area contributed by atoms with Gasteiger partial charge < -0.3 is 5.32 Å². The van der Waals surface area contributed by atoms with Gasteiger partial charge >= 0.3 is 0 Å². The summed E-state index contributed by atoms with van der Waals surface area (Å²) in [4.78, 5) is 16.2. The maximum atomic E-state index is 12.9. The molecule has 128 valence electrons. The molecule has 2 bridgehead atoms. The van der Waals surface area contributed by atoms with E-state index in [0.717, 1.165) is 38.6 Å². The molecule has 3 fully saturated rings. The molecular weight excluding hydrogens is 340 g/mol. The average Bonchev–Trinajstić information content (AvgIpc) is 3.00. The van der Waals surface area contributed by atoms with Crippen LogP contribution in [0.1, 0.15) is 41.9 Å². The molecule has 5 heteroatoms. The van der Waals surface area contributed by atoms with E-state index in [4.69, 9.17) is 11.6 Å². The van der Waals surface area contributed by atoms with Crippen LogP contribution in [0.25, 0.3) is 10.1 Å². The van der Waals surface area contributed by atoms with Crippen LogP contribution in [0, 0.1) is 12.8 Å². The summed E-state index contributed by atoms with van der Waals surface area (Å²) >= 11 is 7.76. The first kappa shape index (κ1) is 16.4. The summed E-state index contributed by atoms with van der Waals surface area (Å²) < 4.78 is 1.11. The van der Waals surface area contributed by atoms with E-state index in [-0.39, 0.29) is 17.5 Å². The van der Waals surface area contributed by atoms with Gasteiger partial charge in [-0.15, -0.1) is 11.3 Å². The second kappa shape index (κ2) is 5.72. The zero-order valence-corrected chi connectivity index (χ0v) is 15.9. The number of hydrogen-bond acceptors (Lipinski definition) is 3. The predicted octanol–water partition coefficient (Wildman–Crippen LogP) is 4.47. The van der Waals surface area contributed by atoms with Crippen molar-refractivity contribution in [1.29, 1.82) is 0 Å². The van der Waals surface area contributed by atoms with E-state index in [2.05, 4.69) is 24.1 Å². The molecule has 24 heavy (non-hydrogen) atoms. The van der Waals surface area contributed by atoms with Gasteiger partial charge in [0.25, 0.3) is 5.91 Å². The number of hydrogen-bond donors (Lipinski definition) is 1. The zero-order valence-electron chi connectivity index (χ0n) is 14.4. The van der Waals surface area contributed by atoms with Gasteiger partial charge in [-0.1, -0.05) is 17.7 Å². The van der Waals surface area contributed by atoms with Crippen LogP contribution in [0.4, 0.5) is 0 Å². The number of thiophene rings is 1. The van der Waals surface area contributed by atoms with Gasteiger partial charge in [0.1, 0.15) is 0 Å². The maximum Gasteiger partial charge on any atom is 0.261 e. The first-order valence-electron chi connectivity index (χ1n) is 8.62. The summed E-state index contributed by atoms with van der Waals surface area (Å²) in [6.45, 7) is 8.85. The number of aryl methyl sites for hydroxylation is 1. The van der Waals surface area contributed by atoms with Gasteiger partial charge in [-0.05, 0) is 75.7 Å². The van der Waals surface area contributed by atoms with Crippen molar-refractivity contribution < 1.29 is 4.79 Å². The van der Waals surface area contributed by atoms with E-state index in [1.54, 1.807) is 11.3 Å². The van der Waals surface area contributed by atoms with Crippen molar-refractivity contribution in [3.05, 3.63) is 33.7 Å². The molecule has 4 heterocycles. The molecule has 1 aromatic carbocycles. The molecule has 3 aliphatic rings. The summed E-state index contributed by atoms with van der Waals surface area (Å²) in [5, 5.41) is 5.21. The van der Waals surface area contributed by atoms with Gasteiger partial charge in [-0.25, -0.2) is 0 Å². The third-order valence-electron chi connectivity index (χ3n) is 5.97. The highest BCUT2D eigenvalue weighted by molar-refractivity contribution is 7.21. The van der Waals surface area contributed by atoms with Crippen molar-refractivity contribution >= 4 is 38.9 Å². The third kappa shape index (κ3) is 2.47. The van der Waals surface area contributed by atoms with Gasteiger partial charge in [-0.2, -0.15) is 0 Å². The van der Waals surface area contributed by atoms with E-state index in [1.165, 1.54) is 12.8 Å². The van der Waals surface area contributed by atoms with E-state index >= 15 is 0 Å². The van der Waals surface area contributed by atoms with Crippen molar-refractivity contribution in [2.45, 2.75) is 45.2 Å². The molecule has 0 radical (unpaired) electrons. The molecular formula is C19H23ClN2OS. The van der Waals surface area contributed by atoms with Crippen LogP contribution >= 0.6 is 22.9 Å². The molecule has 3 nitrogen and oxygen atoms in total. The Hall–Kier alpha value is -1.10. The molecule has 2 aromatic rings. The first-order chi connectivity index (χ1) is 11.4. The summed E-state index contributed by atoms with van der Waals surface area (Å²) in [7, 11) is 0. The fourth-order valence-corrected chi connectivity index (χ4v) is 5.70. The molecule has 0 saturated carbocycles. The number of fused-ring (bicyclic) bond motifs is 4. The lowest BCUT2D eigenvalue weighted by atomic mass is 9.72. The molecule has 0 unspecified atom stereocenters. The normalized spacial score (nSPS) is 28.2. The molecule has 1 amide bonds. The summed E-state index contributed by atoms with van der Waals surface area (Å²) in [5.41, 5.74) is 1.09. The number of carbonyl (C=O) groups is 1. The third-order valence-corrected chi connectivity index (χ3v) is 7.65. The first-order valence-corrected chi connectivity index (χ1v) is 9.82. The monoisotopic (exact) mass is 362 g/mol. The van der Waals surface area contributed by atoms with E-state index in [1.807, 2.05) is 25.1 Å². The van der Waals surface area contributed by atoms with Crippen molar-refractivity contribution in [3.8, 4) is 0 Å². The van der Waals surface area contributed by atoms with Gasteiger partial charge in [-0.3, -0.25) is 9.69 Å². The van der Waals surface area contributed by atoms with Crippen LogP contribution in [0.3, 0.4) is 0 Å². The highest BCUT2D eigenvalue weighted by atomic mass is 35.5. The van der Waals surface area contributed by atoms with Gasteiger partial charge in [0, 0.05) is 21.3 Å². The van der Waals surface area contributed by atoms with Crippen LogP contribution in [0.5, 0.6) is 0 Å². The topological polar surface area (TPSA) is 32.3 Å². The number of halogens is 1. The molecule has 0 aliphatic carbocycles. The van der Waals surface area contributed by atoms with Crippen LogP contribution < -0.4 is 5.32 Å². The molecule has 1 N–H and O–H groups in total. The summed E-state index contributed by atoms with van der Waals surface area (Å²) in [6.07, 6.45) is 2.38. The van der Waals surface area contributed by atoms with E-state index in [9.17, 15) is 4.79 Å². The minimum atomic E-state index is 0.0345. The fourth-order valence-electron chi connectivity index (χ4n) is 4.42. The fraction of sp³-hybridized carbons (Fsp3) is 0.526. The number of benzene rings is 1. The van der Waals surface area contributed by atoms with Crippen LogP contribution in [0.2, 0.25) is 5.02 Å². The highest BCUT2D eigenvalue weighted by Crippen LogP contribution is 2.39. The lowest BCUT2D eigenvalue weighted by Gasteiger charge is -2.56. The van der Waals surface area contributed by atoms with Crippen molar-refractivity contribution in [3.63, 3.8) is 0 Å². The second-order valence-corrected chi connectivity index (χ2v) is 9.09. The van der Waals surface area contributed by atoms with Crippen molar-refractivity contribution in [1.82, 2.24) is 10.2 Å². The number of amides is 1. The molecule has 0 spiro atoms. The minimum Gasteiger partial charge on any atom is -0.346 e. The zero-order chi connectivity index (χ0) is 17.1. The van der Waals surface area contributed by atoms with E-state index in [0.29, 0.717) is 5.92 Å². The van der Waals surface area contributed by atoms with Crippen molar-refractivity contribution in [2.75, 3.05) is 13.1 Å².